The van der Waals surface area contributed by atoms with Gasteiger partial charge in [0, 0.05) is 31.3 Å². The molecule has 0 bridgehead atoms. The van der Waals surface area contributed by atoms with E-state index in [0.717, 1.165) is 0 Å². The van der Waals surface area contributed by atoms with Crippen LogP contribution >= 0.6 is 11.6 Å². The number of hydrogen-bond donors (Lipinski definition) is 1. The maximum Gasteiger partial charge on any atom is 0.252 e. The van der Waals surface area contributed by atoms with Crippen LogP contribution in [-0.2, 0) is 4.79 Å². The Labute approximate surface area is 151 Å². The Morgan fingerprint density at radius 3 is 2.40 bits per heavy atom. The van der Waals surface area contributed by atoms with Crippen molar-refractivity contribution >= 4 is 34.9 Å². The highest BCUT2D eigenvalue weighted by Crippen LogP contribution is 2.17. The van der Waals surface area contributed by atoms with Gasteiger partial charge in [-0.15, -0.1) is 0 Å². The van der Waals surface area contributed by atoms with Gasteiger partial charge in [0.2, 0.25) is 5.91 Å². The van der Waals surface area contributed by atoms with Gasteiger partial charge < -0.3 is 10.2 Å². The van der Waals surface area contributed by atoms with Crippen molar-refractivity contribution in [3.8, 4) is 0 Å². The van der Waals surface area contributed by atoms with Crippen LogP contribution in [0.5, 0.6) is 0 Å². The van der Waals surface area contributed by atoms with Crippen LogP contribution in [-0.4, -0.2) is 30.7 Å². The number of anilines is 1. The Morgan fingerprint density at radius 2 is 1.76 bits per heavy atom. The van der Waals surface area contributed by atoms with E-state index in [1.165, 1.54) is 18.7 Å². The second-order valence-corrected chi connectivity index (χ2v) is 5.92. The number of rotatable bonds is 6. The smallest absolute Gasteiger partial charge is 0.252 e. The third-order valence-corrected chi connectivity index (χ3v) is 4.01. The third kappa shape index (κ3) is 4.90. The van der Waals surface area contributed by atoms with E-state index in [0.29, 0.717) is 21.8 Å². The fraction of sp³-hybridized carbons (Fsp3) is 0.211. The van der Waals surface area contributed by atoms with E-state index in [2.05, 4.69) is 5.32 Å². The molecule has 2 aromatic carbocycles. The Morgan fingerprint density at radius 1 is 1.04 bits per heavy atom. The van der Waals surface area contributed by atoms with Crippen LogP contribution < -0.4 is 10.2 Å². The summed E-state index contributed by atoms with van der Waals surface area (Å²) in [6.07, 6.45) is 0. The number of halogens is 1. The molecule has 0 atom stereocenters. The standard InChI is InChI=1S/C19H19ClN2O3/c1-13(23)15-6-5-7-16(12-15)22(14(2)24)11-10-21-19(25)17-8-3-4-9-18(17)20/h3-9,12H,10-11H2,1-2H3,(H,21,25). The monoisotopic (exact) mass is 358 g/mol. The first kappa shape index (κ1) is 18.7. The fourth-order valence-corrected chi connectivity index (χ4v) is 2.60. The predicted molar refractivity (Wildman–Crippen MR) is 98.3 cm³/mol. The molecule has 1 N–H and O–H groups in total. The Hall–Kier alpha value is -2.66. The summed E-state index contributed by atoms with van der Waals surface area (Å²) in [5.41, 5.74) is 1.54. The lowest BCUT2D eigenvalue weighted by molar-refractivity contribution is -0.116. The Balaban J connectivity index is 2.04. The SMILES string of the molecule is CC(=O)c1cccc(N(CCNC(=O)c2ccccc2Cl)C(C)=O)c1. The number of nitrogens with one attached hydrogen (secondary N) is 1. The zero-order valence-electron chi connectivity index (χ0n) is 14.1. The van der Waals surface area contributed by atoms with E-state index in [9.17, 15) is 14.4 Å². The molecule has 25 heavy (non-hydrogen) atoms. The molecule has 0 aliphatic heterocycles. The molecule has 0 spiro atoms. The molecule has 0 aromatic heterocycles. The number of amides is 2. The zero-order valence-corrected chi connectivity index (χ0v) is 14.8. The van der Waals surface area contributed by atoms with Gasteiger partial charge in [-0.05, 0) is 31.2 Å². The molecule has 130 valence electrons. The minimum atomic E-state index is -0.299. The van der Waals surface area contributed by atoms with Crippen molar-refractivity contribution in [2.75, 3.05) is 18.0 Å². The first-order valence-electron chi connectivity index (χ1n) is 7.82. The van der Waals surface area contributed by atoms with Gasteiger partial charge in [-0.3, -0.25) is 14.4 Å². The molecular formula is C19H19ClN2O3. The van der Waals surface area contributed by atoms with Crippen LogP contribution in [0.3, 0.4) is 0 Å². The lowest BCUT2D eigenvalue weighted by Gasteiger charge is -2.22. The highest BCUT2D eigenvalue weighted by atomic mass is 35.5. The quantitative estimate of drug-likeness (QED) is 0.805. The molecule has 2 rings (SSSR count). The van der Waals surface area contributed by atoms with Crippen molar-refractivity contribution in [3.63, 3.8) is 0 Å². The van der Waals surface area contributed by atoms with Gasteiger partial charge in [0.25, 0.3) is 5.91 Å². The molecule has 0 aliphatic carbocycles. The molecule has 0 saturated heterocycles. The molecule has 0 fully saturated rings. The summed E-state index contributed by atoms with van der Waals surface area (Å²) in [6, 6.07) is 13.6. The minimum Gasteiger partial charge on any atom is -0.350 e. The summed E-state index contributed by atoms with van der Waals surface area (Å²) in [5, 5.41) is 3.12. The van der Waals surface area contributed by atoms with Crippen molar-refractivity contribution < 1.29 is 14.4 Å². The summed E-state index contributed by atoms with van der Waals surface area (Å²) in [7, 11) is 0. The maximum atomic E-state index is 12.2. The molecule has 5 nitrogen and oxygen atoms in total. The van der Waals surface area contributed by atoms with Crippen LogP contribution in [0.25, 0.3) is 0 Å². The van der Waals surface area contributed by atoms with Gasteiger partial charge in [-0.25, -0.2) is 0 Å². The van der Waals surface area contributed by atoms with Gasteiger partial charge in [0.15, 0.2) is 5.78 Å². The van der Waals surface area contributed by atoms with Gasteiger partial charge >= 0.3 is 0 Å². The number of carbonyl (C=O) groups excluding carboxylic acids is 3. The van der Waals surface area contributed by atoms with Gasteiger partial charge in [0.05, 0.1) is 10.6 Å². The van der Waals surface area contributed by atoms with E-state index >= 15 is 0 Å². The summed E-state index contributed by atoms with van der Waals surface area (Å²) >= 11 is 6.00. The molecule has 0 aliphatic rings. The van der Waals surface area contributed by atoms with Crippen molar-refractivity contribution in [2.24, 2.45) is 0 Å². The Bertz CT molecular complexity index is 805. The van der Waals surface area contributed by atoms with Crippen molar-refractivity contribution in [1.29, 1.82) is 0 Å². The predicted octanol–water partition coefficient (Wildman–Crippen LogP) is 3.33. The topological polar surface area (TPSA) is 66.5 Å². The van der Waals surface area contributed by atoms with E-state index in [1.807, 2.05) is 0 Å². The zero-order chi connectivity index (χ0) is 18.4. The van der Waals surface area contributed by atoms with Gasteiger partial charge in [0.1, 0.15) is 0 Å². The molecule has 0 heterocycles. The molecule has 0 saturated carbocycles. The summed E-state index contributed by atoms with van der Waals surface area (Å²) in [4.78, 5) is 37.1. The highest BCUT2D eigenvalue weighted by Gasteiger charge is 2.14. The van der Waals surface area contributed by atoms with E-state index < -0.39 is 0 Å². The number of carbonyl (C=O) groups is 3. The first-order chi connectivity index (χ1) is 11.9. The minimum absolute atomic E-state index is 0.0719. The molecule has 2 amide bonds. The van der Waals surface area contributed by atoms with E-state index in [4.69, 9.17) is 11.6 Å². The van der Waals surface area contributed by atoms with Crippen LogP contribution in [0.4, 0.5) is 5.69 Å². The molecule has 0 radical (unpaired) electrons. The average Bonchev–Trinajstić information content (AvgIpc) is 2.58. The third-order valence-electron chi connectivity index (χ3n) is 3.68. The number of benzene rings is 2. The van der Waals surface area contributed by atoms with Crippen molar-refractivity contribution in [2.45, 2.75) is 13.8 Å². The number of hydrogen-bond acceptors (Lipinski definition) is 3. The second-order valence-electron chi connectivity index (χ2n) is 5.51. The van der Waals surface area contributed by atoms with Gasteiger partial charge in [-0.1, -0.05) is 35.9 Å². The van der Waals surface area contributed by atoms with Gasteiger partial charge in [-0.2, -0.15) is 0 Å². The largest absolute Gasteiger partial charge is 0.350 e. The van der Waals surface area contributed by atoms with Crippen LogP contribution in [0, 0.1) is 0 Å². The van der Waals surface area contributed by atoms with E-state index in [1.54, 1.807) is 48.5 Å². The van der Waals surface area contributed by atoms with Crippen LogP contribution in [0.1, 0.15) is 34.6 Å². The van der Waals surface area contributed by atoms with Crippen molar-refractivity contribution in [1.82, 2.24) is 5.32 Å². The average molecular weight is 359 g/mol. The second kappa shape index (κ2) is 8.44. The summed E-state index contributed by atoms with van der Waals surface area (Å²) in [5.74, 6) is -0.545. The lowest BCUT2D eigenvalue weighted by Crippen LogP contribution is -2.37. The lowest BCUT2D eigenvalue weighted by atomic mass is 10.1. The Kier molecular flexibility index (Phi) is 6.31. The maximum absolute atomic E-state index is 12.2. The molecule has 2 aromatic rings. The number of ketones is 1. The summed E-state index contributed by atoms with van der Waals surface area (Å²) < 4.78 is 0. The fourth-order valence-electron chi connectivity index (χ4n) is 2.38. The highest BCUT2D eigenvalue weighted by molar-refractivity contribution is 6.33. The van der Waals surface area contributed by atoms with Crippen LogP contribution in [0.15, 0.2) is 48.5 Å². The molecule has 6 heteroatoms. The van der Waals surface area contributed by atoms with E-state index in [-0.39, 0.29) is 30.7 Å². The molecule has 0 unspecified atom stereocenters. The first-order valence-corrected chi connectivity index (χ1v) is 8.20. The summed E-state index contributed by atoms with van der Waals surface area (Å²) in [6.45, 7) is 3.46. The van der Waals surface area contributed by atoms with Crippen molar-refractivity contribution in [3.05, 3.63) is 64.7 Å². The van der Waals surface area contributed by atoms with Crippen LogP contribution in [0.2, 0.25) is 5.02 Å². The normalized spacial score (nSPS) is 10.2. The number of Topliss-reactive ketones (excluding diaryl/α,β-unsaturated/α-hetero) is 1. The molecular weight excluding hydrogens is 340 g/mol. The number of nitrogens with zero attached hydrogens (tertiary/aromatic N) is 1.